The monoisotopic (exact) mass is 403 g/mol. The number of imidazole rings is 1. The molecule has 0 unspecified atom stereocenters. The molecule has 0 spiro atoms. The number of aromatic nitrogens is 2. The van der Waals surface area contributed by atoms with Gasteiger partial charge in [-0.3, -0.25) is 4.79 Å². The van der Waals surface area contributed by atoms with Crippen LogP contribution in [-0.4, -0.2) is 47.1 Å². The van der Waals surface area contributed by atoms with E-state index in [4.69, 9.17) is 14.5 Å². The number of hydrogen-bond acceptors (Lipinski definition) is 4. The summed E-state index contributed by atoms with van der Waals surface area (Å²) in [7, 11) is 0. The zero-order chi connectivity index (χ0) is 20.5. The Bertz CT molecular complexity index is 1110. The fraction of sp³-hybridized carbons (Fsp3) is 0.333. The first-order valence-electron chi connectivity index (χ1n) is 10.5. The van der Waals surface area contributed by atoms with Crippen LogP contribution in [-0.2, 0) is 4.79 Å². The third kappa shape index (κ3) is 3.77. The van der Waals surface area contributed by atoms with Gasteiger partial charge in [0.2, 0.25) is 5.91 Å². The molecule has 0 atom stereocenters. The third-order valence-electron chi connectivity index (χ3n) is 5.83. The Morgan fingerprint density at radius 2 is 1.90 bits per heavy atom. The lowest BCUT2D eigenvalue weighted by atomic mass is 9.96. The van der Waals surface area contributed by atoms with Crippen LogP contribution in [0.2, 0.25) is 0 Å². The van der Waals surface area contributed by atoms with Gasteiger partial charge in [0.1, 0.15) is 19.0 Å². The standard InChI is InChI=1S/C24H25N3O3/c1-16-2-5-19-20(14-16)26-24(25-19)18-8-10-27(11-9-18)23(28)7-4-17-3-6-21-22(15-17)30-13-12-29-21/h2-7,14-15,18H,8-13H2,1H3,(H,25,26)/b7-4-. The molecular weight excluding hydrogens is 378 g/mol. The highest BCUT2D eigenvalue weighted by atomic mass is 16.6. The lowest BCUT2D eigenvalue weighted by molar-refractivity contribution is -0.127. The van der Waals surface area contributed by atoms with E-state index in [1.54, 1.807) is 6.08 Å². The van der Waals surface area contributed by atoms with Gasteiger partial charge in [-0.2, -0.15) is 0 Å². The molecule has 0 aliphatic carbocycles. The summed E-state index contributed by atoms with van der Waals surface area (Å²) in [5.74, 6) is 2.94. The molecule has 2 aliphatic heterocycles. The van der Waals surface area contributed by atoms with Gasteiger partial charge in [-0.25, -0.2) is 4.98 Å². The Labute approximate surface area is 175 Å². The van der Waals surface area contributed by atoms with Gasteiger partial charge >= 0.3 is 0 Å². The molecule has 30 heavy (non-hydrogen) atoms. The summed E-state index contributed by atoms with van der Waals surface area (Å²) in [5.41, 5.74) is 4.25. The summed E-state index contributed by atoms with van der Waals surface area (Å²) in [4.78, 5) is 22.8. The molecule has 1 fully saturated rings. The number of rotatable bonds is 3. The van der Waals surface area contributed by atoms with Gasteiger partial charge in [0.15, 0.2) is 11.5 Å². The van der Waals surface area contributed by atoms with E-state index in [2.05, 4.69) is 30.1 Å². The number of benzene rings is 2. The number of aromatic amines is 1. The Morgan fingerprint density at radius 3 is 2.73 bits per heavy atom. The number of H-pyrrole nitrogens is 1. The minimum absolute atomic E-state index is 0.0450. The van der Waals surface area contributed by atoms with Crippen molar-refractivity contribution in [3.63, 3.8) is 0 Å². The van der Waals surface area contributed by atoms with Crippen molar-refractivity contribution in [3.8, 4) is 11.5 Å². The SMILES string of the molecule is Cc1ccc2nc(C3CCN(C(=O)/C=C\c4ccc5c(c4)OCCO5)CC3)[nH]c2c1. The first-order valence-corrected chi connectivity index (χ1v) is 10.5. The van der Waals surface area contributed by atoms with E-state index in [9.17, 15) is 4.79 Å². The number of carbonyl (C=O) groups is 1. The lowest BCUT2D eigenvalue weighted by Crippen LogP contribution is -2.37. The minimum atomic E-state index is 0.0450. The fourth-order valence-corrected chi connectivity index (χ4v) is 4.15. The van der Waals surface area contributed by atoms with Crippen LogP contribution in [0, 0.1) is 6.92 Å². The number of amides is 1. The molecule has 2 aromatic carbocycles. The third-order valence-corrected chi connectivity index (χ3v) is 5.83. The number of hydrogen-bond donors (Lipinski definition) is 1. The Morgan fingerprint density at radius 1 is 1.10 bits per heavy atom. The Balaban J connectivity index is 1.20. The number of fused-ring (bicyclic) bond motifs is 2. The number of aryl methyl sites for hydroxylation is 1. The largest absolute Gasteiger partial charge is 0.486 e. The normalized spacial score (nSPS) is 17.0. The molecule has 0 saturated carbocycles. The molecule has 1 saturated heterocycles. The number of carbonyl (C=O) groups excluding carboxylic acids is 1. The Hall–Kier alpha value is -3.28. The quantitative estimate of drug-likeness (QED) is 0.670. The molecule has 0 radical (unpaired) electrons. The van der Waals surface area contributed by atoms with Crippen molar-refractivity contribution in [2.24, 2.45) is 0 Å². The van der Waals surface area contributed by atoms with Gasteiger partial charge in [-0.15, -0.1) is 0 Å². The molecule has 154 valence electrons. The molecule has 2 aliphatic rings. The van der Waals surface area contributed by atoms with Gasteiger partial charge in [-0.1, -0.05) is 12.1 Å². The summed E-state index contributed by atoms with van der Waals surface area (Å²) < 4.78 is 11.1. The summed E-state index contributed by atoms with van der Waals surface area (Å²) in [6.45, 7) is 4.70. The summed E-state index contributed by atoms with van der Waals surface area (Å²) in [6.07, 6.45) is 5.33. The van der Waals surface area contributed by atoms with E-state index in [0.29, 0.717) is 19.1 Å². The molecule has 0 bridgehead atoms. The van der Waals surface area contributed by atoms with Crippen LogP contribution in [0.5, 0.6) is 11.5 Å². The molecule has 5 rings (SSSR count). The van der Waals surface area contributed by atoms with Gasteiger partial charge < -0.3 is 19.4 Å². The second-order valence-corrected chi connectivity index (χ2v) is 7.98. The molecule has 3 heterocycles. The van der Waals surface area contributed by atoms with E-state index in [1.807, 2.05) is 29.2 Å². The number of ether oxygens (including phenoxy) is 2. The van der Waals surface area contributed by atoms with Crippen molar-refractivity contribution in [3.05, 3.63) is 59.4 Å². The molecular formula is C24H25N3O3. The smallest absolute Gasteiger partial charge is 0.246 e. The van der Waals surface area contributed by atoms with Crippen molar-refractivity contribution in [2.75, 3.05) is 26.3 Å². The highest BCUT2D eigenvalue weighted by molar-refractivity contribution is 5.92. The van der Waals surface area contributed by atoms with Gasteiger partial charge in [-0.05, 0) is 61.2 Å². The highest BCUT2D eigenvalue weighted by Gasteiger charge is 2.25. The second-order valence-electron chi connectivity index (χ2n) is 7.98. The van der Waals surface area contributed by atoms with Crippen LogP contribution >= 0.6 is 0 Å². The predicted molar refractivity (Wildman–Crippen MR) is 116 cm³/mol. The first-order chi connectivity index (χ1) is 14.7. The van der Waals surface area contributed by atoms with Crippen LogP contribution < -0.4 is 9.47 Å². The van der Waals surface area contributed by atoms with Crippen LogP contribution in [0.1, 0.15) is 35.7 Å². The van der Waals surface area contributed by atoms with Gasteiger partial charge in [0.25, 0.3) is 0 Å². The predicted octanol–water partition coefficient (Wildman–Crippen LogP) is 4.06. The number of likely N-dealkylation sites (tertiary alicyclic amines) is 1. The van der Waals surface area contributed by atoms with Crippen molar-refractivity contribution < 1.29 is 14.3 Å². The lowest BCUT2D eigenvalue weighted by Gasteiger charge is -2.30. The van der Waals surface area contributed by atoms with Crippen molar-refractivity contribution in [1.82, 2.24) is 14.9 Å². The summed E-state index contributed by atoms with van der Waals surface area (Å²) in [6, 6.07) is 12.0. The average Bonchev–Trinajstić information content (AvgIpc) is 3.20. The molecule has 1 amide bonds. The van der Waals surface area contributed by atoms with E-state index in [0.717, 1.165) is 59.9 Å². The molecule has 1 aromatic heterocycles. The number of piperidine rings is 1. The van der Waals surface area contributed by atoms with Gasteiger partial charge in [0, 0.05) is 25.1 Å². The van der Waals surface area contributed by atoms with Gasteiger partial charge in [0.05, 0.1) is 11.0 Å². The van der Waals surface area contributed by atoms with Crippen molar-refractivity contribution in [1.29, 1.82) is 0 Å². The van der Waals surface area contributed by atoms with Crippen LogP contribution in [0.15, 0.2) is 42.5 Å². The minimum Gasteiger partial charge on any atom is -0.486 e. The number of nitrogens with one attached hydrogen (secondary N) is 1. The fourth-order valence-electron chi connectivity index (χ4n) is 4.15. The maximum absolute atomic E-state index is 12.6. The highest BCUT2D eigenvalue weighted by Crippen LogP contribution is 2.31. The average molecular weight is 403 g/mol. The molecule has 6 nitrogen and oxygen atoms in total. The van der Waals surface area contributed by atoms with Crippen molar-refractivity contribution in [2.45, 2.75) is 25.7 Å². The van der Waals surface area contributed by atoms with E-state index in [-0.39, 0.29) is 5.91 Å². The van der Waals surface area contributed by atoms with Crippen LogP contribution in [0.3, 0.4) is 0 Å². The summed E-state index contributed by atoms with van der Waals surface area (Å²) in [5, 5.41) is 0. The zero-order valence-electron chi connectivity index (χ0n) is 17.1. The van der Waals surface area contributed by atoms with Crippen LogP contribution in [0.25, 0.3) is 17.1 Å². The molecule has 1 N–H and O–H groups in total. The topological polar surface area (TPSA) is 67.5 Å². The van der Waals surface area contributed by atoms with E-state index >= 15 is 0 Å². The molecule has 6 heteroatoms. The second kappa shape index (κ2) is 7.86. The van der Waals surface area contributed by atoms with E-state index < -0.39 is 0 Å². The first kappa shape index (κ1) is 18.7. The van der Waals surface area contributed by atoms with Crippen molar-refractivity contribution >= 4 is 23.0 Å². The maximum atomic E-state index is 12.6. The Kier molecular flexibility index (Phi) is 4.91. The zero-order valence-corrected chi connectivity index (χ0v) is 17.1. The summed E-state index contributed by atoms with van der Waals surface area (Å²) >= 11 is 0. The van der Waals surface area contributed by atoms with Crippen LogP contribution in [0.4, 0.5) is 0 Å². The number of nitrogens with zero attached hydrogens (tertiary/aromatic N) is 2. The molecule has 3 aromatic rings. The van der Waals surface area contributed by atoms with E-state index in [1.165, 1.54) is 5.56 Å². The maximum Gasteiger partial charge on any atom is 0.246 e.